The molecular formula is C19H15F3N6O. The normalized spacial score (nSPS) is 11.9. The molecule has 0 spiro atoms. The number of amides is 1. The highest BCUT2D eigenvalue weighted by molar-refractivity contribution is 6.10. The number of benzene rings is 1. The Kier molecular flexibility index (Phi) is 5.82. The van der Waals surface area contributed by atoms with Crippen LogP contribution in [0.15, 0.2) is 65.9 Å². The largest absolute Gasteiger partial charge is 0.433 e. The van der Waals surface area contributed by atoms with Gasteiger partial charge in [-0.1, -0.05) is 18.2 Å². The van der Waals surface area contributed by atoms with E-state index in [4.69, 9.17) is 5.73 Å². The average molecular weight is 400 g/mol. The number of pyridine rings is 1. The van der Waals surface area contributed by atoms with Crippen LogP contribution in [0, 0.1) is 0 Å². The molecule has 10 heteroatoms. The fourth-order valence-electron chi connectivity index (χ4n) is 2.40. The number of hydrogen-bond donors (Lipinski definition) is 2. The molecular weight excluding hydrogens is 385 g/mol. The number of rotatable bonds is 5. The van der Waals surface area contributed by atoms with Gasteiger partial charge in [0.15, 0.2) is 5.69 Å². The zero-order chi connectivity index (χ0) is 20.9. The third-order valence-electron chi connectivity index (χ3n) is 3.81. The molecule has 0 aliphatic rings. The van der Waals surface area contributed by atoms with E-state index in [9.17, 15) is 18.0 Å². The van der Waals surface area contributed by atoms with Gasteiger partial charge in [0.2, 0.25) is 0 Å². The summed E-state index contributed by atoms with van der Waals surface area (Å²) in [6, 6.07) is 12.1. The van der Waals surface area contributed by atoms with Crippen LogP contribution in [-0.2, 0) is 12.7 Å². The van der Waals surface area contributed by atoms with Crippen LogP contribution in [0.4, 0.5) is 18.9 Å². The number of aromatic nitrogens is 3. The molecule has 0 aliphatic heterocycles. The van der Waals surface area contributed by atoms with Gasteiger partial charge in [-0.05, 0) is 35.9 Å². The van der Waals surface area contributed by atoms with E-state index in [0.717, 1.165) is 12.3 Å². The molecule has 2 aromatic heterocycles. The molecule has 0 saturated carbocycles. The predicted molar refractivity (Wildman–Crippen MR) is 100 cm³/mol. The SMILES string of the molecule is NC(=NC(=O)c1cccnn1)c1ccccc1NCc1ccc(C(F)(F)F)nc1. The zero-order valence-electron chi connectivity index (χ0n) is 14.9. The van der Waals surface area contributed by atoms with E-state index >= 15 is 0 Å². The second-order valence-electron chi connectivity index (χ2n) is 5.86. The van der Waals surface area contributed by atoms with Crippen molar-refractivity contribution in [2.24, 2.45) is 10.7 Å². The molecule has 3 aromatic rings. The number of halogens is 3. The van der Waals surface area contributed by atoms with Crippen molar-refractivity contribution < 1.29 is 18.0 Å². The van der Waals surface area contributed by atoms with E-state index in [1.165, 1.54) is 18.3 Å². The smallest absolute Gasteiger partial charge is 0.383 e. The molecule has 2 heterocycles. The van der Waals surface area contributed by atoms with Crippen molar-refractivity contribution in [3.8, 4) is 0 Å². The summed E-state index contributed by atoms with van der Waals surface area (Å²) >= 11 is 0. The first-order valence-electron chi connectivity index (χ1n) is 8.36. The Morgan fingerprint density at radius 1 is 1.10 bits per heavy atom. The van der Waals surface area contributed by atoms with E-state index in [0.29, 0.717) is 16.8 Å². The number of carbonyl (C=O) groups excluding carboxylic acids is 1. The first kappa shape index (κ1) is 19.9. The maximum Gasteiger partial charge on any atom is 0.433 e. The molecule has 0 aliphatic carbocycles. The standard InChI is InChI=1S/C19H15F3N6O/c20-19(21,22)16-8-7-12(11-25-16)10-24-14-5-2-1-4-13(14)17(23)27-18(29)15-6-3-9-26-28-15/h1-9,11,24H,10H2,(H2,23,27,29). The minimum absolute atomic E-state index is 0.0331. The molecule has 0 unspecified atom stereocenters. The zero-order valence-corrected chi connectivity index (χ0v) is 14.9. The Bertz CT molecular complexity index is 1020. The summed E-state index contributed by atoms with van der Waals surface area (Å²) in [7, 11) is 0. The highest BCUT2D eigenvalue weighted by Gasteiger charge is 2.31. The van der Waals surface area contributed by atoms with Gasteiger partial charge in [-0.3, -0.25) is 9.78 Å². The van der Waals surface area contributed by atoms with Crippen molar-refractivity contribution in [3.05, 3.63) is 83.4 Å². The Balaban J connectivity index is 1.75. The monoisotopic (exact) mass is 400 g/mol. The van der Waals surface area contributed by atoms with Gasteiger partial charge in [0.25, 0.3) is 5.91 Å². The van der Waals surface area contributed by atoms with Gasteiger partial charge in [-0.25, -0.2) is 0 Å². The van der Waals surface area contributed by atoms with Crippen molar-refractivity contribution in [2.45, 2.75) is 12.7 Å². The quantitative estimate of drug-likeness (QED) is 0.504. The lowest BCUT2D eigenvalue weighted by Gasteiger charge is -2.12. The number of hydrogen-bond acceptors (Lipinski definition) is 5. The van der Waals surface area contributed by atoms with Crippen LogP contribution in [-0.4, -0.2) is 26.9 Å². The summed E-state index contributed by atoms with van der Waals surface area (Å²) in [6.45, 7) is 0.202. The fourth-order valence-corrected chi connectivity index (χ4v) is 2.40. The van der Waals surface area contributed by atoms with E-state index in [2.05, 4.69) is 25.5 Å². The second kappa shape index (κ2) is 8.46. The maximum absolute atomic E-state index is 12.6. The van der Waals surface area contributed by atoms with Crippen LogP contribution in [0.3, 0.4) is 0 Å². The molecule has 0 saturated heterocycles. The number of nitrogens with two attached hydrogens (primary N) is 1. The van der Waals surface area contributed by atoms with E-state index < -0.39 is 17.8 Å². The minimum Gasteiger partial charge on any atom is -0.383 e. The van der Waals surface area contributed by atoms with Gasteiger partial charge >= 0.3 is 6.18 Å². The third-order valence-corrected chi connectivity index (χ3v) is 3.81. The van der Waals surface area contributed by atoms with Crippen molar-refractivity contribution in [3.63, 3.8) is 0 Å². The number of carbonyl (C=O) groups is 1. The highest BCUT2D eigenvalue weighted by atomic mass is 19.4. The van der Waals surface area contributed by atoms with Crippen LogP contribution < -0.4 is 11.1 Å². The van der Waals surface area contributed by atoms with Crippen LogP contribution in [0.2, 0.25) is 0 Å². The molecule has 3 rings (SSSR count). The molecule has 29 heavy (non-hydrogen) atoms. The van der Waals surface area contributed by atoms with Crippen LogP contribution >= 0.6 is 0 Å². The molecule has 0 radical (unpaired) electrons. The molecule has 3 N–H and O–H groups in total. The number of amidine groups is 1. The number of para-hydroxylation sites is 1. The van der Waals surface area contributed by atoms with E-state index in [-0.39, 0.29) is 18.1 Å². The molecule has 7 nitrogen and oxygen atoms in total. The lowest BCUT2D eigenvalue weighted by molar-refractivity contribution is -0.141. The fraction of sp³-hybridized carbons (Fsp3) is 0.105. The molecule has 0 atom stereocenters. The van der Waals surface area contributed by atoms with Crippen LogP contribution in [0.1, 0.15) is 27.3 Å². The summed E-state index contributed by atoms with van der Waals surface area (Å²) in [4.78, 5) is 19.4. The molecule has 148 valence electrons. The van der Waals surface area contributed by atoms with Gasteiger partial charge in [0, 0.05) is 30.2 Å². The van der Waals surface area contributed by atoms with Crippen LogP contribution in [0.5, 0.6) is 0 Å². The van der Waals surface area contributed by atoms with Gasteiger partial charge in [0.05, 0.1) is 0 Å². The van der Waals surface area contributed by atoms with Crippen molar-refractivity contribution in [1.82, 2.24) is 15.2 Å². The van der Waals surface area contributed by atoms with E-state index in [1.807, 2.05) is 0 Å². The summed E-state index contributed by atoms with van der Waals surface area (Å²) in [6.07, 6.45) is -1.91. The Morgan fingerprint density at radius 3 is 2.55 bits per heavy atom. The summed E-state index contributed by atoms with van der Waals surface area (Å²) in [5, 5.41) is 10.4. The van der Waals surface area contributed by atoms with Crippen molar-refractivity contribution in [2.75, 3.05) is 5.32 Å². The molecule has 0 fully saturated rings. The first-order valence-corrected chi connectivity index (χ1v) is 8.36. The summed E-state index contributed by atoms with van der Waals surface area (Å²) in [5.41, 5.74) is 6.63. The van der Waals surface area contributed by atoms with Crippen molar-refractivity contribution in [1.29, 1.82) is 0 Å². The van der Waals surface area contributed by atoms with Gasteiger partial charge < -0.3 is 11.1 Å². The first-order chi connectivity index (χ1) is 13.8. The number of alkyl halides is 3. The Morgan fingerprint density at radius 2 is 1.90 bits per heavy atom. The lowest BCUT2D eigenvalue weighted by Crippen LogP contribution is -2.18. The van der Waals surface area contributed by atoms with Crippen molar-refractivity contribution >= 4 is 17.4 Å². The minimum atomic E-state index is -4.49. The summed E-state index contributed by atoms with van der Waals surface area (Å²) in [5.74, 6) is -0.674. The number of nitrogens with zero attached hydrogens (tertiary/aromatic N) is 4. The third kappa shape index (κ3) is 5.12. The predicted octanol–water partition coefficient (Wildman–Crippen LogP) is 3.05. The average Bonchev–Trinajstić information content (AvgIpc) is 2.72. The summed E-state index contributed by atoms with van der Waals surface area (Å²) < 4.78 is 37.8. The number of aliphatic imine (C=N–C) groups is 1. The second-order valence-corrected chi connectivity index (χ2v) is 5.86. The molecule has 1 amide bonds. The Hall–Kier alpha value is -3.82. The van der Waals surface area contributed by atoms with Crippen LogP contribution in [0.25, 0.3) is 0 Å². The Labute approximate surface area is 163 Å². The molecule has 0 bridgehead atoms. The van der Waals surface area contributed by atoms with Gasteiger partial charge in [-0.2, -0.15) is 23.3 Å². The van der Waals surface area contributed by atoms with E-state index in [1.54, 1.807) is 30.3 Å². The maximum atomic E-state index is 12.6. The van der Waals surface area contributed by atoms with Gasteiger partial charge in [-0.15, -0.1) is 5.10 Å². The van der Waals surface area contributed by atoms with Gasteiger partial charge in [0.1, 0.15) is 11.5 Å². The molecule has 1 aromatic carbocycles. The number of anilines is 1. The topological polar surface area (TPSA) is 106 Å². The lowest BCUT2D eigenvalue weighted by atomic mass is 10.1. The highest BCUT2D eigenvalue weighted by Crippen LogP contribution is 2.27. The number of nitrogens with one attached hydrogen (secondary N) is 1.